The van der Waals surface area contributed by atoms with Crippen molar-refractivity contribution in [2.75, 3.05) is 105 Å². The number of ether oxygens (including phenoxy) is 1. The average molecular weight is 470 g/mol. The van der Waals surface area contributed by atoms with Gasteiger partial charge in [-0.15, -0.1) is 0 Å². The number of rotatable bonds is 4. The van der Waals surface area contributed by atoms with E-state index in [0.717, 1.165) is 65.4 Å². The van der Waals surface area contributed by atoms with E-state index in [1.54, 1.807) is 0 Å². The van der Waals surface area contributed by atoms with E-state index in [1.807, 2.05) is 0 Å². The minimum atomic E-state index is -0.290. The number of nitrogens with zero attached hydrogens (tertiary/aromatic N) is 7. The zero-order valence-electron chi connectivity index (χ0n) is 20.6. The summed E-state index contributed by atoms with van der Waals surface area (Å²) in [5.74, 6) is 1.20. The maximum absolute atomic E-state index is 15.9. The Kier molecular flexibility index (Phi) is 6.74. The van der Waals surface area contributed by atoms with Gasteiger partial charge in [-0.1, -0.05) is 12.1 Å². The summed E-state index contributed by atoms with van der Waals surface area (Å²) in [5, 5.41) is 0. The maximum atomic E-state index is 15.9. The number of hydrogen-bond acceptors (Lipinski definition) is 8. The Morgan fingerprint density at radius 1 is 0.735 bits per heavy atom. The van der Waals surface area contributed by atoms with E-state index in [-0.39, 0.29) is 5.82 Å². The fraction of sp³-hybridized carbons (Fsp3) is 0.600. The van der Waals surface area contributed by atoms with E-state index in [4.69, 9.17) is 14.7 Å². The third kappa shape index (κ3) is 4.63. The second-order valence-corrected chi connectivity index (χ2v) is 9.57. The number of piperazine rings is 2. The smallest absolute Gasteiger partial charge is 0.229 e. The minimum absolute atomic E-state index is 0.290. The van der Waals surface area contributed by atoms with Crippen LogP contribution >= 0.6 is 0 Å². The number of hydrogen-bond donors (Lipinski definition) is 0. The highest BCUT2D eigenvalue weighted by Crippen LogP contribution is 2.31. The number of aromatic nitrogens is 2. The molecule has 0 N–H and O–H groups in total. The summed E-state index contributed by atoms with van der Waals surface area (Å²) in [6, 6.07) is 6.45. The first-order valence-electron chi connectivity index (χ1n) is 12.4. The molecule has 5 rings (SSSR count). The Balaban J connectivity index is 1.41. The highest BCUT2D eigenvalue weighted by Gasteiger charge is 2.29. The molecular weight excluding hydrogens is 433 g/mol. The van der Waals surface area contributed by atoms with Crippen molar-refractivity contribution in [1.82, 2.24) is 14.9 Å². The standard InChI is InChI=1S/C25H36FN7O/c1-19-5-4-6-21(20(19)2)30-11-13-32(14-12-30)24-22(26)23(31-9-7-29(3)8-10-31)27-25(28-24)33-15-17-34-18-16-33/h4-6H,7-18H2,1-3H3. The van der Waals surface area contributed by atoms with E-state index < -0.39 is 0 Å². The molecule has 0 amide bonds. The molecule has 184 valence electrons. The Morgan fingerprint density at radius 2 is 1.29 bits per heavy atom. The van der Waals surface area contributed by atoms with Crippen LogP contribution in [0.2, 0.25) is 0 Å². The third-order valence-corrected chi connectivity index (χ3v) is 7.40. The largest absolute Gasteiger partial charge is 0.378 e. The SMILES string of the molecule is Cc1cccc(N2CCN(c3nc(N4CCOCC4)nc(N4CCN(C)CC4)c3F)CC2)c1C. The first-order valence-corrected chi connectivity index (χ1v) is 12.4. The van der Waals surface area contributed by atoms with Crippen LogP contribution in [0.5, 0.6) is 0 Å². The second-order valence-electron chi connectivity index (χ2n) is 9.57. The van der Waals surface area contributed by atoms with Crippen LogP contribution in [0.3, 0.4) is 0 Å². The number of anilines is 4. The van der Waals surface area contributed by atoms with E-state index in [0.29, 0.717) is 30.8 Å². The van der Waals surface area contributed by atoms with E-state index >= 15 is 4.39 Å². The van der Waals surface area contributed by atoms with Gasteiger partial charge in [0.2, 0.25) is 11.8 Å². The van der Waals surface area contributed by atoms with Crippen molar-refractivity contribution in [2.24, 2.45) is 0 Å². The summed E-state index contributed by atoms with van der Waals surface area (Å²) in [5.41, 5.74) is 3.89. The summed E-state index contributed by atoms with van der Waals surface area (Å²) in [6.45, 7) is 13.6. The van der Waals surface area contributed by atoms with Crippen molar-refractivity contribution < 1.29 is 9.13 Å². The molecule has 0 unspecified atom stereocenters. The van der Waals surface area contributed by atoms with Crippen LogP contribution in [-0.4, -0.2) is 101 Å². The van der Waals surface area contributed by atoms with Crippen molar-refractivity contribution in [3.8, 4) is 0 Å². The van der Waals surface area contributed by atoms with Crippen molar-refractivity contribution in [3.05, 3.63) is 35.1 Å². The van der Waals surface area contributed by atoms with Gasteiger partial charge in [-0.2, -0.15) is 14.4 Å². The minimum Gasteiger partial charge on any atom is -0.378 e. The molecule has 0 spiro atoms. The predicted molar refractivity (Wildman–Crippen MR) is 135 cm³/mol. The number of likely N-dealkylation sites (N-methyl/N-ethyl adjacent to an activating group) is 1. The molecule has 4 heterocycles. The number of benzene rings is 1. The molecule has 3 fully saturated rings. The fourth-order valence-electron chi connectivity index (χ4n) is 4.99. The Bertz CT molecular complexity index is 997. The summed E-state index contributed by atoms with van der Waals surface area (Å²) in [7, 11) is 2.10. The number of halogens is 1. The molecule has 0 radical (unpaired) electrons. The maximum Gasteiger partial charge on any atom is 0.229 e. The van der Waals surface area contributed by atoms with Crippen molar-refractivity contribution in [3.63, 3.8) is 0 Å². The molecule has 2 aromatic rings. The molecule has 3 saturated heterocycles. The molecule has 0 aliphatic carbocycles. The fourth-order valence-corrected chi connectivity index (χ4v) is 4.99. The Hall–Kier alpha value is -2.65. The van der Waals surface area contributed by atoms with Gasteiger partial charge in [0.05, 0.1) is 13.2 Å². The first-order chi connectivity index (χ1) is 16.5. The molecule has 1 aromatic heterocycles. The van der Waals surface area contributed by atoms with Crippen LogP contribution in [-0.2, 0) is 4.74 Å². The third-order valence-electron chi connectivity index (χ3n) is 7.40. The normalized spacial score (nSPS) is 20.2. The molecule has 34 heavy (non-hydrogen) atoms. The van der Waals surface area contributed by atoms with E-state index in [9.17, 15) is 0 Å². The molecule has 3 aliphatic rings. The zero-order chi connectivity index (χ0) is 23.7. The van der Waals surface area contributed by atoms with Crippen molar-refractivity contribution >= 4 is 23.3 Å². The van der Waals surface area contributed by atoms with Crippen molar-refractivity contribution in [2.45, 2.75) is 13.8 Å². The van der Waals surface area contributed by atoms with Gasteiger partial charge in [0, 0.05) is 71.1 Å². The van der Waals surface area contributed by atoms with Crippen LogP contribution in [0.15, 0.2) is 18.2 Å². The van der Waals surface area contributed by atoms with Gasteiger partial charge in [-0.25, -0.2) is 0 Å². The molecule has 3 aliphatic heterocycles. The lowest BCUT2D eigenvalue weighted by Crippen LogP contribution is -2.48. The Labute approximate surface area is 201 Å². The van der Waals surface area contributed by atoms with Crippen LogP contribution in [0.4, 0.5) is 27.7 Å². The highest BCUT2D eigenvalue weighted by molar-refractivity contribution is 5.60. The molecule has 8 nitrogen and oxygen atoms in total. The van der Waals surface area contributed by atoms with Crippen LogP contribution < -0.4 is 19.6 Å². The summed E-state index contributed by atoms with van der Waals surface area (Å²) >= 11 is 0. The van der Waals surface area contributed by atoms with Gasteiger partial charge in [-0.3, -0.25) is 0 Å². The van der Waals surface area contributed by atoms with Gasteiger partial charge in [0.25, 0.3) is 0 Å². The van der Waals surface area contributed by atoms with Gasteiger partial charge in [0.15, 0.2) is 11.6 Å². The summed E-state index contributed by atoms with van der Waals surface area (Å²) in [4.78, 5) is 20.5. The van der Waals surface area contributed by atoms with E-state index in [1.165, 1.54) is 16.8 Å². The Morgan fingerprint density at radius 3 is 1.91 bits per heavy atom. The quantitative estimate of drug-likeness (QED) is 0.675. The lowest BCUT2D eigenvalue weighted by atomic mass is 10.1. The average Bonchev–Trinajstić information content (AvgIpc) is 2.87. The second kappa shape index (κ2) is 9.92. The molecule has 0 saturated carbocycles. The first kappa shape index (κ1) is 23.1. The van der Waals surface area contributed by atoms with E-state index in [2.05, 4.69) is 63.6 Å². The summed E-state index contributed by atoms with van der Waals surface area (Å²) in [6.07, 6.45) is 0. The molecule has 1 aromatic carbocycles. The van der Waals surface area contributed by atoms with Gasteiger partial charge in [-0.05, 0) is 38.1 Å². The number of aryl methyl sites for hydroxylation is 1. The van der Waals surface area contributed by atoms with Crippen molar-refractivity contribution in [1.29, 1.82) is 0 Å². The zero-order valence-corrected chi connectivity index (χ0v) is 20.6. The van der Waals surface area contributed by atoms with Crippen LogP contribution in [0, 0.1) is 19.7 Å². The van der Waals surface area contributed by atoms with Crippen LogP contribution in [0.1, 0.15) is 11.1 Å². The summed E-state index contributed by atoms with van der Waals surface area (Å²) < 4.78 is 21.5. The molecule has 0 atom stereocenters. The van der Waals surface area contributed by atoms with Crippen LogP contribution in [0.25, 0.3) is 0 Å². The van der Waals surface area contributed by atoms with Gasteiger partial charge >= 0.3 is 0 Å². The highest BCUT2D eigenvalue weighted by atomic mass is 19.1. The lowest BCUT2D eigenvalue weighted by molar-refractivity contribution is 0.122. The molecule has 0 bridgehead atoms. The molecular formula is C25H36FN7O. The monoisotopic (exact) mass is 469 g/mol. The van der Waals surface area contributed by atoms with Gasteiger partial charge in [0.1, 0.15) is 0 Å². The number of morpholine rings is 1. The topological polar surface area (TPSA) is 51.2 Å². The predicted octanol–water partition coefficient (Wildman–Crippen LogP) is 2.15. The van der Waals surface area contributed by atoms with Gasteiger partial charge < -0.3 is 29.2 Å². The molecule has 9 heteroatoms. The lowest BCUT2D eigenvalue weighted by Gasteiger charge is -2.39.